The third-order valence-corrected chi connectivity index (χ3v) is 3.05. The van der Waals surface area contributed by atoms with E-state index >= 15 is 0 Å². The van der Waals surface area contributed by atoms with Gasteiger partial charge >= 0.3 is 0 Å². The van der Waals surface area contributed by atoms with Gasteiger partial charge in [0.15, 0.2) is 10.7 Å². The standard InChI is InChI=1S/C4H2Cl3NOS/c5-1-2(4(7)9)10-8-3(1)6/h4,9H. The van der Waals surface area contributed by atoms with Crippen LogP contribution in [0.1, 0.15) is 10.4 Å². The van der Waals surface area contributed by atoms with Gasteiger partial charge in [0.05, 0.1) is 9.90 Å². The first-order chi connectivity index (χ1) is 4.63. The second kappa shape index (κ2) is 3.24. The fourth-order valence-electron chi connectivity index (χ4n) is 0.419. The van der Waals surface area contributed by atoms with Crippen LogP contribution in [0, 0.1) is 0 Å². The van der Waals surface area contributed by atoms with Crippen molar-refractivity contribution in [2.75, 3.05) is 0 Å². The molecule has 1 aromatic rings. The third kappa shape index (κ3) is 1.54. The predicted octanol–water partition coefficient (Wildman–Crippen LogP) is 2.68. The first kappa shape index (κ1) is 8.56. The van der Waals surface area contributed by atoms with Crippen LogP contribution in [0.4, 0.5) is 0 Å². The molecule has 0 aromatic carbocycles. The number of rotatable bonds is 1. The quantitative estimate of drug-likeness (QED) is 0.735. The molecular formula is C4H2Cl3NOS. The Morgan fingerprint density at radius 1 is 1.50 bits per heavy atom. The van der Waals surface area contributed by atoms with Gasteiger partial charge in [0.1, 0.15) is 0 Å². The van der Waals surface area contributed by atoms with Crippen molar-refractivity contribution in [1.82, 2.24) is 4.37 Å². The normalized spacial score (nSPS) is 13.6. The Morgan fingerprint density at radius 3 is 2.30 bits per heavy atom. The number of alkyl halides is 1. The summed E-state index contributed by atoms with van der Waals surface area (Å²) < 4.78 is 3.67. The summed E-state index contributed by atoms with van der Waals surface area (Å²) in [5.74, 6) is 0. The highest BCUT2D eigenvalue weighted by molar-refractivity contribution is 7.07. The maximum atomic E-state index is 8.81. The maximum absolute atomic E-state index is 8.81. The number of hydrogen-bond donors (Lipinski definition) is 1. The molecule has 0 aliphatic heterocycles. The molecule has 0 radical (unpaired) electrons. The molecule has 0 saturated heterocycles. The van der Waals surface area contributed by atoms with Crippen molar-refractivity contribution in [3.05, 3.63) is 15.1 Å². The molecule has 1 aromatic heterocycles. The zero-order valence-electron chi connectivity index (χ0n) is 4.51. The van der Waals surface area contributed by atoms with Gasteiger partial charge in [-0.3, -0.25) is 0 Å². The number of aliphatic hydroxyl groups excluding tert-OH is 1. The van der Waals surface area contributed by atoms with E-state index < -0.39 is 5.56 Å². The van der Waals surface area contributed by atoms with Gasteiger partial charge in [-0.1, -0.05) is 34.8 Å². The molecule has 0 aliphatic carbocycles. The number of aliphatic hydroxyl groups is 1. The van der Waals surface area contributed by atoms with Crippen LogP contribution in [0.15, 0.2) is 0 Å². The van der Waals surface area contributed by atoms with Gasteiger partial charge in [0.25, 0.3) is 0 Å². The zero-order valence-corrected chi connectivity index (χ0v) is 7.60. The van der Waals surface area contributed by atoms with E-state index in [-0.39, 0.29) is 10.2 Å². The molecule has 0 amide bonds. The molecule has 2 nitrogen and oxygen atoms in total. The van der Waals surface area contributed by atoms with E-state index in [1.807, 2.05) is 0 Å². The smallest absolute Gasteiger partial charge is 0.165 e. The minimum absolute atomic E-state index is 0.182. The first-order valence-electron chi connectivity index (χ1n) is 2.25. The lowest BCUT2D eigenvalue weighted by Crippen LogP contribution is -1.81. The van der Waals surface area contributed by atoms with E-state index in [9.17, 15) is 0 Å². The Hall–Kier alpha value is 0.460. The Bertz CT molecular complexity index is 236. The second-order valence-electron chi connectivity index (χ2n) is 1.49. The fraction of sp³-hybridized carbons (Fsp3) is 0.250. The zero-order chi connectivity index (χ0) is 7.72. The average Bonchev–Trinajstić information content (AvgIpc) is 2.14. The molecule has 10 heavy (non-hydrogen) atoms. The van der Waals surface area contributed by atoms with Crippen molar-refractivity contribution in [2.24, 2.45) is 0 Å². The maximum Gasteiger partial charge on any atom is 0.165 e. The fourth-order valence-corrected chi connectivity index (χ4v) is 1.80. The van der Waals surface area contributed by atoms with Crippen molar-refractivity contribution in [1.29, 1.82) is 0 Å². The number of aromatic nitrogens is 1. The highest BCUT2D eigenvalue weighted by Crippen LogP contribution is 2.34. The van der Waals surface area contributed by atoms with Crippen LogP contribution in [-0.4, -0.2) is 9.48 Å². The molecule has 6 heteroatoms. The van der Waals surface area contributed by atoms with Crippen LogP contribution in [0.2, 0.25) is 10.2 Å². The minimum Gasteiger partial charge on any atom is -0.372 e. The van der Waals surface area contributed by atoms with E-state index in [0.717, 1.165) is 11.5 Å². The SMILES string of the molecule is OC(Cl)c1snc(Cl)c1Cl. The monoisotopic (exact) mass is 217 g/mol. The van der Waals surface area contributed by atoms with Gasteiger partial charge in [0.2, 0.25) is 0 Å². The lowest BCUT2D eigenvalue weighted by molar-refractivity contribution is 0.267. The van der Waals surface area contributed by atoms with Crippen molar-refractivity contribution < 1.29 is 5.11 Å². The highest BCUT2D eigenvalue weighted by atomic mass is 35.5. The lowest BCUT2D eigenvalue weighted by Gasteiger charge is -1.94. The number of hydrogen-bond acceptors (Lipinski definition) is 3. The molecule has 0 saturated carbocycles. The van der Waals surface area contributed by atoms with Gasteiger partial charge in [-0.2, -0.15) is 4.37 Å². The number of halogens is 3. The summed E-state index contributed by atoms with van der Waals surface area (Å²) in [6, 6.07) is 0. The number of nitrogens with zero attached hydrogens (tertiary/aromatic N) is 1. The Kier molecular flexibility index (Phi) is 2.77. The van der Waals surface area contributed by atoms with Gasteiger partial charge in [-0.05, 0) is 11.5 Å². The Balaban J connectivity index is 3.05. The van der Waals surface area contributed by atoms with Crippen LogP contribution >= 0.6 is 46.3 Å². The summed E-state index contributed by atoms with van der Waals surface area (Å²) in [6.07, 6.45) is 0. The molecule has 0 bridgehead atoms. The molecule has 56 valence electrons. The van der Waals surface area contributed by atoms with Crippen LogP contribution in [0.3, 0.4) is 0 Å². The van der Waals surface area contributed by atoms with E-state index in [1.165, 1.54) is 0 Å². The predicted molar refractivity (Wildman–Crippen MR) is 42.9 cm³/mol. The van der Waals surface area contributed by atoms with Gasteiger partial charge in [0, 0.05) is 0 Å². The summed E-state index contributed by atoms with van der Waals surface area (Å²) in [6.45, 7) is 0. The minimum atomic E-state index is -1.11. The molecule has 1 N–H and O–H groups in total. The largest absolute Gasteiger partial charge is 0.372 e. The molecule has 1 rings (SSSR count). The van der Waals surface area contributed by atoms with Crippen LogP contribution in [0.25, 0.3) is 0 Å². The van der Waals surface area contributed by atoms with Crippen LogP contribution < -0.4 is 0 Å². The summed E-state index contributed by atoms with van der Waals surface area (Å²) in [4.78, 5) is 0.383. The second-order valence-corrected chi connectivity index (χ2v) is 3.44. The van der Waals surface area contributed by atoms with Crippen LogP contribution in [0.5, 0.6) is 0 Å². The van der Waals surface area contributed by atoms with Gasteiger partial charge < -0.3 is 5.11 Å². The van der Waals surface area contributed by atoms with E-state index in [4.69, 9.17) is 39.9 Å². The molecule has 1 heterocycles. The van der Waals surface area contributed by atoms with E-state index in [1.54, 1.807) is 0 Å². The molecule has 0 fully saturated rings. The van der Waals surface area contributed by atoms with Crippen molar-refractivity contribution in [3.8, 4) is 0 Å². The van der Waals surface area contributed by atoms with Gasteiger partial charge in [-0.15, -0.1) is 0 Å². The molecule has 1 atom stereocenters. The topological polar surface area (TPSA) is 33.1 Å². The Morgan fingerprint density at radius 2 is 2.10 bits per heavy atom. The molecule has 1 unspecified atom stereocenters. The van der Waals surface area contributed by atoms with E-state index in [0.29, 0.717) is 4.88 Å². The lowest BCUT2D eigenvalue weighted by atomic mass is 10.5. The van der Waals surface area contributed by atoms with E-state index in [2.05, 4.69) is 4.37 Å². The first-order valence-corrected chi connectivity index (χ1v) is 4.22. The van der Waals surface area contributed by atoms with Crippen molar-refractivity contribution in [3.63, 3.8) is 0 Å². The van der Waals surface area contributed by atoms with Crippen molar-refractivity contribution in [2.45, 2.75) is 5.56 Å². The average molecular weight is 218 g/mol. The van der Waals surface area contributed by atoms with Crippen LogP contribution in [-0.2, 0) is 0 Å². The Labute approximate surface area is 76.5 Å². The highest BCUT2D eigenvalue weighted by Gasteiger charge is 2.14. The third-order valence-electron chi connectivity index (χ3n) is 0.838. The molecule has 0 spiro atoms. The summed E-state index contributed by atoms with van der Waals surface area (Å²) in [5, 5.41) is 9.22. The van der Waals surface area contributed by atoms with Gasteiger partial charge in [-0.25, -0.2) is 0 Å². The molecular weight excluding hydrogens is 216 g/mol. The molecule has 0 aliphatic rings. The van der Waals surface area contributed by atoms with Crippen molar-refractivity contribution >= 4 is 46.3 Å². The summed E-state index contributed by atoms with van der Waals surface area (Å²) in [5.41, 5.74) is -1.11. The summed E-state index contributed by atoms with van der Waals surface area (Å²) >= 11 is 17.3. The summed E-state index contributed by atoms with van der Waals surface area (Å²) in [7, 11) is 0.